The van der Waals surface area contributed by atoms with E-state index in [2.05, 4.69) is 19.1 Å². The Kier molecular flexibility index (Phi) is 2.67. The van der Waals surface area contributed by atoms with E-state index >= 15 is 0 Å². The number of Topliss-reactive ketones (excluding diaryl/α,β-unsaturated/α-hetero) is 1. The SMILES string of the molecule is CCc1ccc(C(=O)C2CCC2)cc1. The van der Waals surface area contributed by atoms with Crippen LogP contribution in [-0.2, 0) is 6.42 Å². The Morgan fingerprint density at radius 2 is 1.93 bits per heavy atom. The maximum atomic E-state index is 11.8. The number of carbonyl (C=O) groups is 1. The van der Waals surface area contributed by atoms with Gasteiger partial charge in [-0.15, -0.1) is 0 Å². The Morgan fingerprint density at radius 1 is 1.29 bits per heavy atom. The van der Waals surface area contributed by atoms with E-state index in [9.17, 15) is 4.79 Å². The summed E-state index contributed by atoms with van der Waals surface area (Å²) in [6.45, 7) is 2.13. The molecule has 0 atom stereocenters. The molecule has 0 heterocycles. The Labute approximate surface area is 85.1 Å². The summed E-state index contributed by atoms with van der Waals surface area (Å²) in [6, 6.07) is 8.07. The maximum Gasteiger partial charge on any atom is 0.165 e. The highest BCUT2D eigenvalue weighted by atomic mass is 16.1. The zero-order valence-corrected chi connectivity index (χ0v) is 8.62. The number of ketones is 1. The topological polar surface area (TPSA) is 17.1 Å². The first kappa shape index (κ1) is 9.45. The molecule has 0 N–H and O–H groups in total. The van der Waals surface area contributed by atoms with Gasteiger partial charge < -0.3 is 0 Å². The second kappa shape index (κ2) is 3.95. The summed E-state index contributed by atoms with van der Waals surface area (Å²) in [7, 11) is 0. The summed E-state index contributed by atoms with van der Waals surface area (Å²) in [5.41, 5.74) is 2.20. The lowest BCUT2D eigenvalue weighted by Gasteiger charge is -2.23. The summed E-state index contributed by atoms with van der Waals surface area (Å²) in [6.07, 6.45) is 4.45. The van der Waals surface area contributed by atoms with Crippen molar-refractivity contribution in [2.45, 2.75) is 32.6 Å². The van der Waals surface area contributed by atoms with Gasteiger partial charge in [0, 0.05) is 11.5 Å². The smallest absolute Gasteiger partial charge is 0.165 e. The summed E-state index contributed by atoms with van der Waals surface area (Å²) < 4.78 is 0. The molecule has 1 heteroatoms. The average Bonchev–Trinajstić information content (AvgIpc) is 2.15. The molecule has 1 aromatic rings. The van der Waals surface area contributed by atoms with Gasteiger partial charge in [0.05, 0.1) is 0 Å². The number of hydrogen-bond donors (Lipinski definition) is 0. The summed E-state index contributed by atoms with van der Waals surface area (Å²) in [5.74, 6) is 0.668. The predicted octanol–water partition coefficient (Wildman–Crippen LogP) is 3.23. The highest BCUT2D eigenvalue weighted by Crippen LogP contribution is 2.29. The Hall–Kier alpha value is -1.11. The molecule has 0 amide bonds. The van der Waals surface area contributed by atoms with Crippen LogP contribution < -0.4 is 0 Å². The van der Waals surface area contributed by atoms with Crippen molar-refractivity contribution in [3.05, 3.63) is 35.4 Å². The lowest BCUT2D eigenvalue weighted by atomic mass is 9.80. The molecule has 1 nitrogen and oxygen atoms in total. The third-order valence-electron chi connectivity index (χ3n) is 3.12. The molecular weight excluding hydrogens is 172 g/mol. The van der Waals surface area contributed by atoms with Crippen LogP contribution in [0.5, 0.6) is 0 Å². The fraction of sp³-hybridized carbons (Fsp3) is 0.462. The van der Waals surface area contributed by atoms with Gasteiger partial charge >= 0.3 is 0 Å². The van der Waals surface area contributed by atoms with Crippen molar-refractivity contribution in [1.29, 1.82) is 0 Å². The van der Waals surface area contributed by atoms with Crippen LogP contribution in [0.25, 0.3) is 0 Å². The van der Waals surface area contributed by atoms with Crippen molar-refractivity contribution < 1.29 is 4.79 Å². The van der Waals surface area contributed by atoms with E-state index in [1.807, 2.05) is 12.1 Å². The van der Waals surface area contributed by atoms with E-state index in [0.29, 0.717) is 11.7 Å². The molecule has 0 aliphatic heterocycles. The molecule has 0 saturated heterocycles. The molecule has 0 unspecified atom stereocenters. The van der Waals surface area contributed by atoms with Crippen molar-refractivity contribution in [3.63, 3.8) is 0 Å². The van der Waals surface area contributed by atoms with E-state index in [-0.39, 0.29) is 0 Å². The lowest BCUT2D eigenvalue weighted by molar-refractivity contribution is 0.0855. The highest BCUT2D eigenvalue weighted by Gasteiger charge is 2.25. The Balaban J connectivity index is 2.11. The Morgan fingerprint density at radius 3 is 2.36 bits per heavy atom. The number of hydrogen-bond acceptors (Lipinski definition) is 1. The van der Waals surface area contributed by atoms with E-state index in [4.69, 9.17) is 0 Å². The molecule has 1 aliphatic rings. The largest absolute Gasteiger partial charge is 0.294 e. The first-order chi connectivity index (χ1) is 6.81. The van der Waals surface area contributed by atoms with E-state index in [1.54, 1.807) is 0 Å². The fourth-order valence-electron chi connectivity index (χ4n) is 1.81. The van der Waals surface area contributed by atoms with Crippen molar-refractivity contribution in [2.24, 2.45) is 5.92 Å². The highest BCUT2D eigenvalue weighted by molar-refractivity contribution is 5.98. The van der Waals surface area contributed by atoms with Gasteiger partial charge in [0.25, 0.3) is 0 Å². The summed E-state index contributed by atoms with van der Waals surface area (Å²) in [4.78, 5) is 11.8. The van der Waals surface area contributed by atoms with Gasteiger partial charge in [0.2, 0.25) is 0 Å². The van der Waals surface area contributed by atoms with Crippen LogP contribution in [-0.4, -0.2) is 5.78 Å². The van der Waals surface area contributed by atoms with Gasteiger partial charge in [0.15, 0.2) is 5.78 Å². The first-order valence-corrected chi connectivity index (χ1v) is 5.44. The molecule has 0 aromatic heterocycles. The van der Waals surface area contributed by atoms with Crippen LogP contribution in [0.1, 0.15) is 42.1 Å². The van der Waals surface area contributed by atoms with Gasteiger partial charge in [0.1, 0.15) is 0 Å². The third-order valence-corrected chi connectivity index (χ3v) is 3.12. The molecule has 0 radical (unpaired) electrons. The molecule has 2 rings (SSSR count). The van der Waals surface area contributed by atoms with Crippen LogP contribution in [0.4, 0.5) is 0 Å². The fourth-order valence-corrected chi connectivity index (χ4v) is 1.81. The van der Waals surface area contributed by atoms with Gasteiger partial charge in [-0.2, -0.15) is 0 Å². The molecule has 1 aliphatic carbocycles. The van der Waals surface area contributed by atoms with Gasteiger partial charge in [-0.05, 0) is 24.8 Å². The zero-order chi connectivity index (χ0) is 9.97. The minimum atomic E-state index is 0.322. The van der Waals surface area contributed by atoms with Gasteiger partial charge in [-0.3, -0.25) is 4.79 Å². The molecule has 0 bridgehead atoms. The zero-order valence-electron chi connectivity index (χ0n) is 8.62. The minimum absolute atomic E-state index is 0.322. The normalized spacial score (nSPS) is 16.4. The van der Waals surface area contributed by atoms with E-state index < -0.39 is 0 Å². The number of carbonyl (C=O) groups excluding carboxylic acids is 1. The molecule has 1 fully saturated rings. The van der Waals surface area contributed by atoms with Crippen molar-refractivity contribution in [3.8, 4) is 0 Å². The first-order valence-electron chi connectivity index (χ1n) is 5.44. The van der Waals surface area contributed by atoms with Crippen LogP contribution in [0, 0.1) is 5.92 Å². The third kappa shape index (κ3) is 1.72. The van der Waals surface area contributed by atoms with Crippen LogP contribution in [0.2, 0.25) is 0 Å². The van der Waals surface area contributed by atoms with E-state index in [1.165, 1.54) is 12.0 Å². The average molecular weight is 188 g/mol. The van der Waals surface area contributed by atoms with Crippen molar-refractivity contribution in [1.82, 2.24) is 0 Å². The second-order valence-corrected chi connectivity index (χ2v) is 4.04. The van der Waals surface area contributed by atoms with Crippen molar-refractivity contribution in [2.75, 3.05) is 0 Å². The second-order valence-electron chi connectivity index (χ2n) is 4.04. The van der Waals surface area contributed by atoms with Crippen LogP contribution >= 0.6 is 0 Å². The molecule has 14 heavy (non-hydrogen) atoms. The van der Waals surface area contributed by atoms with Crippen LogP contribution in [0.3, 0.4) is 0 Å². The molecule has 74 valence electrons. The maximum absolute atomic E-state index is 11.8. The van der Waals surface area contributed by atoms with Gasteiger partial charge in [-0.25, -0.2) is 0 Å². The van der Waals surface area contributed by atoms with E-state index in [0.717, 1.165) is 24.8 Å². The Bertz CT molecular complexity index is 320. The number of aryl methyl sites for hydroxylation is 1. The number of rotatable bonds is 3. The monoisotopic (exact) mass is 188 g/mol. The molecule has 1 saturated carbocycles. The minimum Gasteiger partial charge on any atom is -0.294 e. The standard InChI is InChI=1S/C13H16O/c1-2-10-6-8-12(9-7-10)13(14)11-4-3-5-11/h6-9,11H,2-5H2,1H3. The summed E-state index contributed by atoms with van der Waals surface area (Å²) >= 11 is 0. The molecule has 0 spiro atoms. The van der Waals surface area contributed by atoms with Crippen LogP contribution in [0.15, 0.2) is 24.3 Å². The number of benzene rings is 1. The predicted molar refractivity (Wildman–Crippen MR) is 57.5 cm³/mol. The van der Waals surface area contributed by atoms with Gasteiger partial charge in [-0.1, -0.05) is 37.6 Å². The van der Waals surface area contributed by atoms with Crippen molar-refractivity contribution >= 4 is 5.78 Å². The lowest BCUT2D eigenvalue weighted by Crippen LogP contribution is -2.21. The molecular formula is C13H16O. The molecule has 1 aromatic carbocycles. The summed E-state index contributed by atoms with van der Waals surface area (Å²) in [5, 5.41) is 0. The quantitative estimate of drug-likeness (QED) is 0.665.